The van der Waals surface area contributed by atoms with Crippen molar-refractivity contribution < 1.29 is 14.3 Å². The first-order valence-electron chi connectivity index (χ1n) is 9.05. The van der Waals surface area contributed by atoms with Crippen molar-refractivity contribution in [3.05, 3.63) is 102 Å². The van der Waals surface area contributed by atoms with Crippen molar-refractivity contribution in [2.24, 2.45) is 0 Å². The van der Waals surface area contributed by atoms with E-state index in [-0.39, 0.29) is 17.5 Å². The van der Waals surface area contributed by atoms with Crippen molar-refractivity contribution in [3.8, 4) is 5.75 Å². The number of ether oxygens (including phenoxy) is 1. The van der Waals surface area contributed by atoms with Gasteiger partial charge in [-0.1, -0.05) is 36.4 Å². The molecule has 0 unspecified atom stereocenters. The van der Waals surface area contributed by atoms with E-state index in [0.717, 1.165) is 11.1 Å². The first-order chi connectivity index (χ1) is 14.2. The van der Waals surface area contributed by atoms with E-state index in [1.54, 1.807) is 55.9 Å². The summed E-state index contributed by atoms with van der Waals surface area (Å²) >= 11 is 0. The third-order valence-electron chi connectivity index (χ3n) is 4.13. The fourth-order valence-corrected chi connectivity index (χ4v) is 2.59. The summed E-state index contributed by atoms with van der Waals surface area (Å²) in [6.07, 6.45) is 4.98. The van der Waals surface area contributed by atoms with Gasteiger partial charge >= 0.3 is 0 Å². The molecule has 1 aromatic heterocycles. The van der Waals surface area contributed by atoms with E-state index in [4.69, 9.17) is 4.74 Å². The van der Waals surface area contributed by atoms with Crippen LogP contribution in [0.4, 0.5) is 0 Å². The van der Waals surface area contributed by atoms with Crippen LogP contribution >= 0.6 is 0 Å². The van der Waals surface area contributed by atoms with Crippen LogP contribution in [0, 0.1) is 0 Å². The molecule has 0 saturated carbocycles. The number of benzene rings is 2. The summed E-state index contributed by atoms with van der Waals surface area (Å²) in [6, 6.07) is 19.7. The van der Waals surface area contributed by atoms with Crippen LogP contribution in [0.25, 0.3) is 6.08 Å². The van der Waals surface area contributed by atoms with E-state index in [1.165, 1.54) is 0 Å². The van der Waals surface area contributed by atoms with Crippen molar-refractivity contribution in [3.63, 3.8) is 0 Å². The summed E-state index contributed by atoms with van der Waals surface area (Å²) in [5.41, 5.74) is 2.24. The molecule has 2 aromatic carbocycles. The fourth-order valence-electron chi connectivity index (χ4n) is 2.59. The molecule has 0 saturated heterocycles. The van der Waals surface area contributed by atoms with Gasteiger partial charge in [-0.2, -0.15) is 0 Å². The van der Waals surface area contributed by atoms with Crippen LogP contribution < -0.4 is 15.4 Å². The molecule has 1 heterocycles. The lowest BCUT2D eigenvalue weighted by Crippen LogP contribution is -2.34. The molecule has 146 valence electrons. The average Bonchev–Trinajstić information content (AvgIpc) is 2.78. The Kier molecular flexibility index (Phi) is 6.73. The minimum Gasteiger partial charge on any atom is -0.497 e. The second kappa shape index (κ2) is 9.85. The summed E-state index contributed by atoms with van der Waals surface area (Å²) in [4.78, 5) is 29.4. The average molecular weight is 387 g/mol. The highest BCUT2D eigenvalue weighted by atomic mass is 16.5. The minimum atomic E-state index is -0.389. The van der Waals surface area contributed by atoms with Gasteiger partial charge in [0.15, 0.2) is 0 Å². The van der Waals surface area contributed by atoms with Crippen LogP contribution in [0.3, 0.4) is 0 Å². The highest BCUT2D eigenvalue weighted by Gasteiger charge is 2.15. The summed E-state index contributed by atoms with van der Waals surface area (Å²) in [5, 5.41) is 5.52. The quantitative estimate of drug-likeness (QED) is 0.610. The van der Waals surface area contributed by atoms with Gasteiger partial charge in [0, 0.05) is 24.5 Å². The van der Waals surface area contributed by atoms with Gasteiger partial charge in [0.1, 0.15) is 11.4 Å². The number of carbonyl (C=O) groups is 2. The molecule has 2 amide bonds. The molecule has 0 aliphatic heterocycles. The van der Waals surface area contributed by atoms with Gasteiger partial charge in [-0.3, -0.25) is 14.6 Å². The van der Waals surface area contributed by atoms with Crippen LogP contribution in [0.1, 0.15) is 21.5 Å². The maximum atomic E-state index is 12.8. The van der Waals surface area contributed by atoms with Gasteiger partial charge in [0.05, 0.1) is 7.11 Å². The van der Waals surface area contributed by atoms with E-state index in [0.29, 0.717) is 17.9 Å². The Balaban J connectivity index is 1.77. The number of nitrogens with zero attached hydrogens (tertiary/aromatic N) is 1. The highest BCUT2D eigenvalue weighted by Crippen LogP contribution is 2.12. The Hall–Kier alpha value is -3.93. The summed E-state index contributed by atoms with van der Waals surface area (Å²) in [5.74, 6) is -0.123. The maximum Gasteiger partial charge on any atom is 0.268 e. The Morgan fingerprint density at radius 3 is 2.41 bits per heavy atom. The molecule has 2 N–H and O–H groups in total. The van der Waals surface area contributed by atoms with E-state index in [9.17, 15) is 9.59 Å². The summed E-state index contributed by atoms with van der Waals surface area (Å²) in [7, 11) is 1.56. The maximum absolute atomic E-state index is 12.8. The van der Waals surface area contributed by atoms with Gasteiger partial charge < -0.3 is 15.4 Å². The zero-order valence-corrected chi connectivity index (χ0v) is 16.0. The number of methoxy groups -OCH3 is 1. The third-order valence-corrected chi connectivity index (χ3v) is 4.13. The van der Waals surface area contributed by atoms with Crippen LogP contribution in [0.5, 0.6) is 5.75 Å². The molecule has 29 heavy (non-hydrogen) atoms. The van der Waals surface area contributed by atoms with Crippen molar-refractivity contribution in [2.45, 2.75) is 6.54 Å². The Morgan fingerprint density at radius 2 is 1.76 bits per heavy atom. The standard InChI is InChI=1S/C23H21N3O3/c1-29-20-11-9-19(10-12-20)22(27)26-21(14-17-6-3-2-4-7-17)23(28)25-16-18-8-5-13-24-15-18/h2-15H,16H2,1H3,(H,25,28)(H,26,27)/b21-14-. The summed E-state index contributed by atoms with van der Waals surface area (Å²) in [6.45, 7) is 0.303. The topological polar surface area (TPSA) is 80.3 Å². The smallest absolute Gasteiger partial charge is 0.268 e. The first kappa shape index (κ1) is 19.8. The molecule has 3 aromatic rings. The van der Waals surface area contributed by atoms with Crippen LogP contribution in [-0.2, 0) is 11.3 Å². The predicted octanol–water partition coefficient (Wildman–Crippen LogP) is 3.18. The second-order valence-corrected chi connectivity index (χ2v) is 6.20. The van der Waals surface area contributed by atoms with E-state index >= 15 is 0 Å². The molecular weight excluding hydrogens is 366 g/mol. The van der Waals surface area contributed by atoms with Crippen molar-refractivity contribution in [2.75, 3.05) is 7.11 Å². The van der Waals surface area contributed by atoms with Crippen LogP contribution in [-0.4, -0.2) is 23.9 Å². The van der Waals surface area contributed by atoms with Crippen LogP contribution in [0.15, 0.2) is 84.8 Å². The molecule has 0 aliphatic carbocycles. The Bertz CT molecular complexity index is 985. The van der Waals surface area contributed by atoms with Crippen LogP contribution in [0.2, 0.25) is 0 Å². The first-order valence-corrected chi connectivity index (χ1v) is 9.05. The number of hydrogen-bond donors (Lipinski definition) is 2. The second-order valence-electron chi connectivity index (χ2n) is 6.20. The lowest BCUT2D eigenvalue weighted by molar-refractivity contribution is -0.117. The van der Waals surface area contributed by atoms with E-state index in [2.05, 4.69) is 15.6 Å². The molecule has 0 spiro atoms. The fraction of sp³-hybridized carbons (Fsp3) is 0.0870. The number of aromatic nitrogens is 1. The third kappa shape index (κ3) is 5.77. The van der Waals surface area contributed by atoms with Crippen molar-refractivity contribution >= 4 is 17.9 Å². The monoisotopic (exact) mass is 387 g/mol. The molecular formula is C23H21N3O3. The van der Waals surface area contributed by atoms with Gasteiger partial charge in [-0.15, -0.1) is 0 Å². The molecule has 0 radical (unpaired) electrons. The lowest BCUT2D eigenvalue weighted by Gasteiger charge is -2.11. The molecule has 3 rings (SSSR count). The van der Waals surface area contributed by atoms with Crippen molar-refractivity contribution in [1.82, 2.24) is 15.6 Å². The number of hydrogen-bond acceptors (Lipinski definition) is 4. The Labute approximate surface area is 169 Å². The highest BCUT2D eigenvalue weighted by molar-refractivity contribution is 6.05. The van der Waals surface area contributed by atoms with Gasteiger partial charge in [-0.25, -0.2) is 0 Å². The SMILES string of the molecule is COc1ccc(C(=O)N/C(=C\c2ccccc2)C(=O)NCc2cccnc2)cc1. The molecule has 0 fully saturated rings. The molecule has 6 heteroatoms. The minimum absolute atomic E-state index is 0.154. The number of rotatable bonds is 7. The lowest BCUT2D eigenvalue weighted by atomic mass is 10.1. The van der Waals surface area contributed by atoms with Gasteiger partial charge in [0.25, 0.3) is 11.8 Å². The largest absolute Gasteiger partial charge is 0.497 e. The molecule has 0 aliphatic rings. The number of nitrogens with one attached hydrogen (secondary N) is 2. The normalized spacial score (nSPS) is 10.9. The predicted molar refractivity (Wildman–Crippen MR) is 111 cm³/mol. The zero-order chi connectivity index (χ0) is 20.5. The molecule has 0 bridgehead atoms. The number of amides is 2. The number of pyridine rings is 1. The number of carbonyl (C=O) groups excluding carboxylic acids is 2. The van der Waals surface area contributed by atoms with E-state index < -0.39 is 0 Å². The van der Waals surface area contributed by atoms with Gasteiger partial charge in [-0.05, 0) is 47.5 Å². The van der Waals surface area contributed by atoms with Crippen molar-refractivity contribution in [1.29, 1.82) is 0 Å². The zero-order valence-electron chi connectivity index (χ0n) is 16.0. The van der Waals surface area contributed by atoms with E-state index in [1.807, 2.05) is 36.4 Å². The molecule has 6 nitrogen and oxygen atoms in total. The Morgan fingerprint density at radius 1 is 1.00 bits per heavy atom. The summed E-state index contributed by atoms with van der Waals surface area (Å²) < 4.78 is 5.11. The molecule has 0 atom stereocenters. The van der Waals surface area contributed by atoms with Gasteiger partial charge in [0.2, 0.25) is 0 Å².